The van der Waals surface area contributed by atoms with Crippen LogP contribution in [-0.4, -0.2) is 43.8 Å². The fourth-order valence-corrected chi connectivity index (χ4v) is 4.93. The molecule has 0 amide bonds. The topological polar surface area (TPSA) is 64.4 Å². The molecule has 1 heterocycles. The van der Waals surface area contributed by atoms with E-state index in [1.807, 2.05) is 36.4 Å². The molecule has 1 fully saturated rings. The van der Waals surface area contributed by atoms with Gasteiger partial charge in [-0.05, 0) is 54.3 Å². The molecule has 0 N–H and O–H groups in total. The Kier molecular flexibility index (Phi) is 6.50. The van der Waals surface area contributed by atoms with Crippen LogP contribution < -0.4 is 0 Å². The summed E-state index contributed by atoms with van der Waals surface area (Å²) in [6.45, 7) is 7.55. The van der Waals surface area contributed by atoms with E-state index < -0.39 is 10.0 Å². The summed E-state index contributed by atoms with van der Waals surface area (Å²) in [7, 11) is -3.46. The van der Waals surface area contributed by atoms with Crippen LogP contribution in [0.4, 0.5) is 0 Å². The first kappa shape index (κ1) is 20.5. The first-order valence-electron chi connectivity index (χ1n) is 9.71. The van der Waals surface area contributed by atoms with E-state index in [9.17, 15) is 8.42 Å². The number of hydrogen-bond acceptors (Lipinski definition) is 4. The molecule has 5 nitrogen and oxygen atoms in total. The van der Waals surface area contributed by atoms with Crippen molar-refractivity contribution in [3.63, 3.8) is 0 Å². The van der Waals surface area contributed by atoms with Crippen LogP contribution in [0.1, 0.15) is 42.9 Å². The van der Waals surface area contributed by atoms with Crippen molar-refractivity contribution >= 4 is 10.0 Å². The van der Waals surface area contributed by atoms with Crippen molar-refractivity contribution in [3.05, 3.63) is 65.2 Å². The Hall–Kier alpha value is -2.20. The zero-order chi connectivity index (χ0) is 20.1. The fourth-order valence-electron chi connectivity index (χ4n) is 3.46. The molecule has 0 atom stereocenters. The van der Waals surface area contributed by atoms with Gasteiger partial charge < -0.3 is 0 Å². The molecule has 0 aliphatic carbocycles. The summed E-state index contributed by atoms with van der Waals surface area (Å²) >= 11 is 0. The SMILES string of the molecule is CC(C)c1ccc(S(=O)(=O)N2CCCN(Cc3ccc(C#N)cc3)CC2)cc1. The normalized spacial score (nSPS) is 16.6. The van der Waals surface area contributed by atoms with E-state index in [2.05, 4.69) is 24.8 Å². The highest BCUT2D eigenvalue weighted by atomic mass is 32.2. The Morgan fingerprint density at radius 3 is 2.25 bits per heavy atom. The Labute approximate surface area is 168 Å². The molecule has 0 saturated carbocycles. The van der Waals surface area contributed by atoms with Crippen LogP contribution in [0.15, 0.2) is 53.4 Å². The van der Waals surface area contributed by atoms with Crippen LogP contribution in [0.2, 0.25) is 0 Å². The van der Waals surface area contributed by atoms with Gasteiger partial charge in [0.2, 0.25) is 10.0 Å². The highest BCUT2D eigenvalue weighted by Gasteiger charge is 2.27. The second-order valence-electron chi connectivity index (χ2n) is 7.57. The number of nitriles is 1. The van der Waals surface area contributed by atoms with Gasteiger partial charge in [-0.15, -0.1) is 0 Å². The van der Waals surface area contributed by atoms with Crippen LogP contribution in [-0.2, 0) is 16.6 Å². The smallest absolute Gasteiger partial charge is 0.243 e. The third-order valence-electron chi connectivity index (χ3n) is 5.22. The molecule has 28 heavy (non-hydrogen) atoms. The van der Waals surface area contributed by atoms with Crippen molar-refractivity contribution < 1.29 is 8.42 Å². The lowest BCUT2D eigenvalue weighted by molar-refractivity contribution is 0.278. The van der Waals surface area contributed by atoms with E-state index >= 15 is 0 Å². The monoisotopic (exact) mass is 397 g/mol. The van der Waals surface area contributed by atoms with Gasteiger partial charge in [-0.3, -0.25) is 4.90 Å². The maximum Gasteiger partial charge on any atom is 0.243 e. The predicted octanol–water partition coefficient (Wildman–Crippen LogP) is 3.58. The van der Waals surface area contributed by atoms with Gasteiger partial charge in [-0.1, -0.05) is 38.1 Å². The minimum atomic E-state index is -3.46. The van der Waals surface area contributed by atoms with Crippen LogP contribution in [0.3, 0.4) is 0 Å². The highest BCUT2D eigenvalue weighted by molar-refractivity contribution is 7.89. The lowest BCUT2D eigenvalue weighted by atomic mass is 10.0. The summed E-state index contributed by atoms with van der Waals surface area (Å²) in [5.41, 5.74) is 2.93. The minimum Gasteiger partial charge on any atom is -0.298 e. The Morgan fingerprint density at radius 2 is 1.64 bits per heavy atom. The highest BCUT2D eigenvalue weighted by Crippen LogP contribution is 2.21. The molecule has 1 aliphatic heterocycles. The van der Waals surface area contributed by atoms with Gasteiger partial charge >= 0.3 is 0 Å². The molecule has 6 heteroatoms. The van der Waals surface area contributed by atoms with E-state index in [1.165, 1.54) is 0 Å². The number of sulfonamides is 1. The molecule has 0 aromatic heterocycles. The molecule has 0 bridgehead atoms. The fraction of sp³-hybridized carbons (Fsp3) is 0.409. The molecule has 0 radical (unpaired) electrons. The molecule has 1 saturated heterocycles. The molecule has 0 spiro atoms. The van der Waals surface area contributed by atoms with Gasteiger partial charge in [0.05, 0.1) is 16.5 Å². The number of rotatable bonds is 5. The Morgan fingerprint density at radius 1 is 0.964 bits per heavy atom. The minimum absolute atomic E-state index is 0.373. The predicted molar refractivity (Wildman–Crippen MR) is 110 cm³/mol. The van der Waals surface area contributed by atoms with Gasteiger partial charge in [-0.25, -0.2) is 8.42 Å². The van der Waals surface area contributed by atoms with Crippen LogP contribution in [0.5, 0.6) is 0 Å². The standard InChI is InChI=1S/C22H27N3O2S/c1-18(2)21-8-10-22(11-9-21)28(26,27)25-13-3-12-24(14-15-25)17-20-6-4-19(16-23)5-7-20/h4-11,18H,3,12-15,17H2,1-2H3. The van der Waals surface area contributed by atoms with Crippen LogP contribution >= 0.6 is 0 Å². The van der Waals surface area contributed by atoms with E-state index in [0.717, 1.165) is 30.6 Å². The first-order chi connectivity index (χ1) is 13.4. The quantitative estimate of drug-likeness (QED) is 0.774. The summed E-state index contributed by atoms with van der Waals surface area (Å²) < 4.78 is 27.7. The van der Waals surface area contributed by atoms with E-state index in [4.69, 9.17) is 5.26 Å². The largest absolute Gasteiger partial charge is 0.298 e. The van der Waals surface area contributed by atoms with Gasteiger partial charge in [0.1, 0.15) is 0 Å². The maximum atomic E-state index is 13.0. The first-order valence-corrected chi connectivity index (χ1v) is 11.2. The molecule has 0 unspecified atom stereocenters. The van der Waals surface area contributed by atoms with E-state index in [1.54, 1.807) is 16.4 Å². The van der Waals surface area contributed by atoms with Gasteiger partial charge in [0, 0.05) is 26.2 Å². The van der Waals surface area contributed by atoms with Crippen molar-refractivity contribution in [1.82, 2.24) is 9.21 Å². The lowest BCUT2D eigenvalue weighted by Crippen LogP contribution is -2.35. The van der Waals surface area contributed by atoms with E-state index in [-0.39, 0.29) is 0 Å². The zero-order valence-corrected chi connectivity index (χ0v) is 17.3. The van der Waals surface area contributed by atoms with Crippen molar-refractivity contribution in [1.29, 1.82) is 5.26 Å². The van der Waals surface area contributed by atoms with Crippen LogP contribution in [0.25, 0.3) is 0 Å². The van der Waals surface area contributed by atoms with Crippen LogP contribution in [0, 0.1) is 11.3 Å². The molecule has 3 rings (SSSR count). The maximum absolute atomic E-state index is 13.0. The Balaban J connectivity index is 1.65. The molecule has 2 aromatic rings. The summed E-state index contributed by atoms with van der Waals surface area (Å²) in [4.78, 5) is 2.65. The second-order valence-corrected chi connectivity index (χ2v) is 9.50. The van der Waals surface area contributed by atoms with Gasteiger partial charge in [0.25, 0.3) is 0 Å². The van der Waals surface area contributed by atoms with Crippen molar-refractivity contribution in [2.75, 3.05) is 26.2 Å². The van der Waals surface area contributed by atoms with Crippen molar-refractivity contribution in [2.24, 2.45) is 0 Å². The van der Waals surface area contributed by atoms with E-state index in [0.29, 0.717) is 36.0 Å². The number of benzene rings is 2. The zero-order valence-electron chi connectivity index (χ0n) is 16.5. The lowest BCUT2D eigenvalue weighted by Gasteiger charge is -2.22. The molecule has 1 aliphatic rings. The third-order valence-corrected chi connectivity index (χ3v) is 7.13. The summed E-state index contributed by atoms with van der Waals surface area (Å²) in [6.07, 6.45) is 0.805. The second kappa shape index (κ2) is 8.87. The number of hydrogen-bond donors (Lipinski definition) is 0. The van der Waals surface area contributed by atoms with Crippen molar-refractivity contribution in [2.45, 2.75) is 37.6 Å². The summed E-state index contributed by atoms with van der Waals surface area (Å²) in [5, 5.41) is 8.91. The average Bonchev–Trinajstić information content (AvgIpc) is 2.95. The molecule has 148 valence electrons. The van der Waals surface area contributed by atoms with Gasteiger partial charge in [-0.2, -0.15) is 9.57 Å². The molecular weight excluding hydrogens is 370 g/mol. The molecular formula is C22H27N3O2S. The summed E-state index contributed by atoms with van der Waals surface area (Å²) in [6, 6.07) is 17.0. The third kappa shape index (κ3) is 4.79. The number of nitrogens with zero attached hydrogens (tertiary/aromatic N) is 3. The Bertz CT molecular complexity index is 929. The summed E-state index contributed by atoms with van der Waals surface area (Å²) in [5.74, 6) is 0.380. The molecule has 2 aromatic carbocycles. The van der Waals surface area contributed by atoms with Crippen molar-refractivity contribution in [3.8, 4) is 6.07 Å². The average molecular weight is 398 g/mol. The van der Waals surface area contributed by atoms with Gasteiger partial charge in [0.15, 0.2) is 0 Å².